The van der Waals surface area contributed by atoms with Crippen molar-refractivity contribution in [2.24, 2.45) is 0 Å². The Hall–Kier alpha value is -1.61. The van der Waals surface area contributed by atoms with Gasteiger partial charge in [-0.2, -0.15) is 0 Å². The van der Waals surface area contributed by atoms with Crippen molar-refractivity contribution in [2.75, 3.05) is 5.73 Å². The number of hydrogen-bond acceptors (Lipinski definition) is 2. The molecule has 15 heavy (non-hydrogen) atoms. The monoisotopic (exact) mass is 222 g/mol. The fourth-order valence-electron chi connectivity index (χ4n) is 1.29. The molecule has 1 aromatic heterocycles. The molecule has 76 valence electrons. The molecule has 0 unspecified atom stereocenters. The van der Waals surface area contributed by atoms with Gasteiger partial charge in [-0.3, -0.25) is 4.98 Å². The van der Waals surface area contributed by atoms with Crippen LogP contribution in [0.5, 0.6) is 0 Å². The zero-order valence-electron chi connectivity index (χ0n) is 7.74. The van der Waals surface area contributed by atoms with E-state index in [0.29, 0.717) is 22.0 Å². The van der Waals surface area contributed by atoms with E-state index >= 15 is 0 Å². The summed E-state index contributed by atoms with van der Waals surface area (Å²) in [5.41, 5.74) is 6.97. The van der Waals surface area contributed by atoms with Crippen molar-refractivity contribution in [3.63, 3.8) is 0 Å². The highest BCUT2D eigenvalue weighted by Crippen LogP contribution is 2.25. The molecule has 0 spiro atoms. The van der Waals surface area contributed by atoms with E-state index in [9.17, 15) is 4.39 Å². The fraction of sp³-hybridized carbons (Fsp3) is 0. The van der Waals surface area contributed by atoms with E-state index in [0.717, 1.165) is 0 Å². The maximum atomic E-state index is 13.4. The van der Waals surface area contributed by atoms with E-state index < -0.39 is 0 Å². The van der Waals surface area contributed by atoms with Gasteiger partial charge in [-0.25, -0.2) is 4.39 Å². The molecule has 0 saturated heterocycles. The third-order valence-corrected chi connectivity index (χ3v) is 2.22. The number of pyridine rings is 1. The predicted octanol–water partition coefficient (Wildman–Crippen LogP) is 3.12. The van der Waals surface area contributed by atoms with Gasteiger partial charge in [0.15, 0.2) is 0 Å². The first-order valence-electron chi connectivity index (χ1n) is 4.34. The summed E-state index contributed by atoms with van der Waals surface area (Å²) in [7, 11) is 0. The topological polar surface area (TPSA) is 38.9 Å². The van der Waals surface area contributed by atoms with Gasteiger partial charge in [-0.05, 0) is 30.3 Å². The van der Waals surface area contributed by atoms with Crippen molar-refractivity contribution in [1.82, 2.24) is 4.98 Å². The van der Waals surface area contributed by atoms with Crippen LogP contribution in [-0.2, 0) is 0 Å². The van der Waals surface area contributed by atoms with E-state index in [1.807, 2.05) is 0 Å². The van der Waals surface area contributed by atoms with Gasteiger partial charge in [0, 0.05) is 22.5 Å². The third-order valence-electron chi connectivity index (χ3n) is 1.99. The Bertz CT molecular complexity index is 500. The van der Waals surface area contributed by atoms with Crippen molar-refractivity contribution in [3.05, 3.63) is 47.4 Å². The maximum absolute atomic E-state index is 13.4. The highest BCUT2D eigenvalue weighted by atomic mass is 35.5. The van der Waals surface area contributed by atoms with E-state index in [1.54, 1.807) is 12.1 Å². The first-order chi connectivity index (χ1) is 7.16. The summed E-state index contributed by atoms with van der Waals surface area (Å²) in [5.74, 6) is -0.363. The second kappa shape index (κ2) is 3.87. The normalized spacial score (nSPS) is 10.3. The first kappa shape index (κ1) is 9.93. The highest BCUT2D eigenvalue weighted by Gasteiger charge is 2.06. The molecular weight excluding hydrogens is 215 g/mol. The molecule has 0 aliphatic rings. The number of benzene rings is 1. The summed E-state index contributed by atoms with van der Waals surface area (Å²) >= 11 is 5.78. The van der Waals surface area contributed by atoms with E-state index in [2.05, 4.69) is 4.98 Å². The minimum Gasteiger partial charge on any atom is -0.399 e. The second-order valence-electron chi connectivity index (χ2n) is 3.10. The Kier molecular flexibility index (Phi) is 2.56. The lowest BCUT2D eigenvalue weighted by atomic mass is 10.1. The molecule has 0 fully saturated rings. The number of nitrogen functional groups attached to an aromatic ring is 1. The second-order valence-corrected chi connectivity index (χ2v) is 3.54. The van der Waals surface area contributed by atoms with Gasteiger partial charge in [0.1, 0.15) is 5.82 Å². The van der Waals surface area contributed by atoms with Crippen LogP contribution in [0.3, 0.4) is 0 Å². The van der Waals surface area contributed by atoms with Crippen LogP contribution in [0, 0.1) is 5.82 Å². The predicted molar refractivity (Wildman–Crippen MR) is 59.1 cm³/mol. The molecule has 0 atom stereocenters. The Labute approximate surface area is 91.5 Å². The molecule has 0 aliphatic heterocycles. The molecule has 2 aromatic rings. The van der Waals surface area contributed by atoms with Crippen molar-refractivity contribution >= 4 is 17.3 Å². The lowest BCUT2D eigenvalue weighted by Crippen LogP contribution is -1.91. The van der Waals surface area contributed by atoms with Crippen LogP contribution in [0.15, 0.2) is 36.5 Å². The smallest absolute Gasteiger partial charge is 0.132 e. The molecule has 0 saturated carbocycles. The molecule has 0 amide bonds. The highest BCUT2D eigenvalue weighted by molar-refractivity contribution is 6.30. The Morgan fingerprint density at radius 2 is 2.00 bits per heavy atom. The van der Waals surface area contributed by atoms with Crippen LogP contribution in [0.4, 0.5) is 10.1 Å². The number of aromatic nitrogens is 1. The van der Waals surface area contributed by atoms with Crippen LogP contribution >= 0.6 is 11.6 Å². The van der Waals surface area contributed by atoms with Crippen molar-refractivity contribution in [1.29, 1.82) is 0 Å². The molecule has 1 heterocycles. The van der Waals surface area contributed by atoms with E-state index in [1.165, 1.54) is 24.4 Å². The minimum atomic E-state index is -0.363. The minimum absolute atomic E-state index is 0.356. The van der Waals surface area contributed by atoms with Crippen molar-refractivity contribution in [2.45, 2.75) is 0 Å². The summed E-state index contributed by atoms with van der Waals surface area (Å²) in [5, 5.41) is 0.468. The summed E-state index contributed by atoms with van der Waals surface area (Å²) in [4.78, 5) is 4.03. The lowest BCUT2D eigenvalue weighted by molar-refractivity contribution is 0.631. The summed E-state index contributed by atoms with van der Waals surface area (Å²) in [6, 6.07) is 7.58. The Morgan fingerprint density at radius 1 is 1.20 bits per heavy atom. The Balaban J connectivity index is 2.58. The average molecular weight is 223 g/mol. The van der Waals surface area contributed by atoms with Gasteiger partial charge in [0.2, 0.25) is 0 Å². The van der Waals surface area contributed by atoms with Crippen molar-refractivity contribution < 1.29 is 4.39 Å². The van der Waals surface area contributed by atoms with Crippen LogP contribution in [0.2, 0.25) is 5.02 Å². The van der Waals surface area contributed by atoms with Gasteiger partial charge in [-0.15, -0.1) is 0 Å². The number of nitrogens with two attached hydrogens (primary N) is 1. The summed E-state index contributed by atoms with van der Waals surface area (Å²) in [6.45, 7) is 0. The molecule has 0 aliphatic carbocycles. The van der Waals surface area contributed by atoms with Gasteiger partial charge in [-0.1, -0.05) is 11.6 Å². The molecule has 0 bridgehead atoms. The number of halogens is 2. The molecule has 0 radical (unpaired) electrons. The molecule has 2 N–H and O–H groups in total. The van der Waals surface area contributed by atoms with E-state index in [4.69, 9.17) is 17.3 Å². The number of anilines is 1. The Morgan fingerprint density at radius 3 is 2.73 bits per heavy atom. The zero-order chi connectivity index (χ0) is 10.8. The van der Waals surface area contributed by atoms with Gasteiger partial charge in [0.25, 0.3) is 0 Å². The first-order valence-corrected chi connectivity index (χ1v) is 4.71. The van der Waals surface area contributed by atoms with Gasteiger partial charge in [0.05, 0.1) is 5.69 Å². The van der Waals surface area contributed by atoms with Crippen LogP contribution in [0.1, 0.15) is 0 Å². The summed E-state index contributed by atoms with van der Waals surface area (Å²) < 4.78 is 13.4. The maximum Gasteiger partial charge on any atom is 0.132 e. The average Bonchev–Trinajstić information content (AvgIpc) is 2.22. The SMILES string of the molecule is Nc1ccnc(-c2cc(Cl)ccc2F)c1. The standard InChI is InChI=1S/C11H8ClFN2/c12-7-1-2-10(13)9(5-7)11-6-8(14)3-4-15-11/h1-6H,(H2,14,15). The van der Waals surface area contributed by atoms with Crippen LogP contribution < -0.4 is 5.73 Å². The summed E-state index contributed by atoms with van der Waals surface area (Å²) in [6.07, 6.45) is 1.53. The van der Waals surface area contributed by atoms with Crippen LogP contribution in [-0.4, -0.2) is 4.98 Å². The number of nitrogens with zero attached hydrogens (tertiary/aromatic N) is 1. The molecular formula is C11H8ClFN2. The number of hydrogen-bond donors (Lipinski definition) is 1. The quantitative estimate of drug-likeness (QED) is 0.805. The molecule has 2 rings (SSSR count). The molecule has 2 nitrogen and oxygen atoms in total. The van der Waals surface area contributed by atoms with Gasteiger partial charge < -0.3 is 5.73 Å². The van der Waals surface area contributed by atoms with Crippen molar-refractivity contribution in [3.8, 4) is 11.3 Å². The third kappa shape index (κ3) is 2.07. The largest absolute Gasteiger partial charge is 0.399 e. The molecule has 4 heteroatoms. The lowest BCUT2D eigenvalue weighted by Gasteiger charge is -2.03. The van der Waals surface area contributed by atoms with E-state index in [-0.39, 0.29) is 5.82 Å². The number of rotatable bonds is 1. The van der Waals surface area contributed by atoms with Crippen LogP contribution in [0.25, 0.3) is 11.3 Å². The fourth-order valence-corrected chi connectivity index (χ4v) is 1.46. The zero-order valence-corrected chi connectivity index (χ0v) is 8.50. The molecule has 1 aromatic carbocycles. The van der Waals surface area contributed by atoms with Gasteiger partial charge >= 0.3 is 0 Å².